The molecule has 0 atom stereocenters. The van der Waals surface area contributed by atoms with Crippen LogP contribution in [0.25, 0.3) is 0 Å². The summed E-state index contributed by atoms with van der Waals surface area (Å²) in [4.78, 5) is 0.240. The fourth-order valence-corrected chi connectivity index (χ4v) is 3.24. The third-order valence-electron chi connectivity index (χ3n) is 3.03. The third-order valence-corrected chi connectivity index (χ3v) is 4.47. The van der Waals surface area contributed by atoms with Crippen LogP contribution in [0.2, 0.25) is 0 Å². The minimum absolute atomic E-state index is 0.240. The number of rotatable bonds is 5. The van der Waals surface area contributed by atoms with Crippen LogP contribution >= 0.6 is 0 Å². The fourth-order valence-electron chi connectivity index (χ4n) is 1.97. The molecule has 0 amide bonds. The molecule has 0 aliphatic heterocycles. The Morgan fingerprint density at radius 2 is 1.80 bits per heavy atom. The predicted molar refractivity (Wildman–Crippen MR) is 82.6 cm³/mol. The van der Waals surface area contributed by atoms with Crippen LogP contribution in [-0.2, 0) is 16.4 Å². The monoisotopic (exact) mass is 290 g/mol. The molecule has 0 unspecified atom stereocenters. The van der Waals surface area contributed by atoms with Gasteiger partial charge in [0.1, 0.15) is 4.90 Å². The highest BCUT2D eigenvalue weighted by molar-refractivity contribution is 7.92. The van der Waals surface area contributed by atoms with E-state index in [2.05, 4.69) is 10.0 Å². The minimum Gasteiger partial charge on any atom is -0.387 e. The van der Waals surface area contributed by atoms with Gasteiger partial charge < -0.3 is 5.32 Å². The SMILES string of the molecule is CCc1cccc(NS(=O)(=O)c2ccccc2NC)c1. The molecule has 2 rings (SSSR count). The largest absolute Gasteiger partial charge is 0.387 e. The molecule has 0 radical (unpaired) electrons. The lowest BCUT2D eigenvalue weighted by atomic mass is 10.1. The number of aryl methyl sites for hydroxylation is 1. The highest BCUT2D eigenvalue weighted by atomic mass is 32.2. The highest BCUT2D eigenvalue weighted by Crippen LogP contribution is 2.23. The van der Waals surface area contributed by atoms with Crippen LogP contribution in [-0.4, -0.2) is 15.5 Å². The molecule has 0 aliphatic rings. The summed E-state index contributed by atoms with van der Waals surface area (Å²) in [7, 11) is -1.89. The Balaban J connectivity index is 2.35. The van der Waals surface area contributed by atoms with Gasteiger partial charge >= 0.3 is 0 Å². The van der Waals surface area contributed by atoms with Crippen LogP contribution in [0, 0.1) is 0 Å². The second kappa shape index (κ2) is 5.96. The van der Waals surface area contributed by atoms with Gasteiger partial charge in [-0.1, -0.05) is 31.2 Å². The van der Waals surface area contributed by atoms with Crippen molar-refractivity contribution in [2.24, 2.45) is 0 Å². The summed E-state index contributed by atoms with van der Waals surface area (Å²) in [5.74, 6) is 0. The maximum atomic E-state index is 12.4. The van der Waals surface area contributed by atoms with Gasteiger partial charge in [0.15, 0.2) is 0 Å². The molecule has 0 aliphatic carbocycles. The zero-order chi connectivity index (χ0) is 14.6. The Kier molecular flexibility index (Phi) is 4.29. The van der Waals surface area contributed by atoms with E-state index in [0.717, 1.165) is 12.0 Å². The number of hydrogen-bond acceptors (Lipinski definition) is 3. The summed E-state index contributed by atoms with van der Waals surface area (Å²) in [6.07, 6.45) is 0.864. The second-order valence-electron chi connectivity index (χ2n) is 4.41. The molecule has 106 valence electrons. The molecule has 0 spiro atoms. The first-order valence-corrected chi connectivity index (χ1v) is 7.93. The number of sulfonamides is 1. The van der Waals surface area contributed by atoms with E-state index in [1.54, 1.807) is 37.4 Å². The van der Waals surface area contributed by atoms with Crippen molar-refractivity contribution in [2.45, 2.75) is 18.2 Å². The van der Waals surface area contributed by atoms with Crippen molar-refractivity contribution in [1.82, 2.24) is 0 Å². The van der Waals surface area contributed by atoms with Crippen LogP contribution in [0.4, 0.5) is 11.4 Å². The van der Waals surface area contributed by atoms with Gasteiger partial charge in [-0.2, -0.15) is 0 Å². The molecular formula is C15H18N2O2S. The van der Waals surface area contributed by atoms with E-state index >= 15 is 0 Å². The van der Waals surface area contributed by atoms with E-state index in [1.807, 2.05) is 25.1 Å². The standard InChI is InChI=1S/C15H18N2O2S/c1-3-12-7-6-8-13(11-12)17-20(18,19)15-10-5-4-9-14(15)16-2/h4-11,16-17H,3H2,1-2H3. The van der Waals surface area contributed by atoms with Gasteiger partial charge in [-0.15, -0.1) is 0 Å². The molecule has 0 saturated heterocycles. The first kappa shape index (κ1) is 14.4. The molecule has 0 fully saturated rings. The Labute approximate surface area is 119 Å². The maximum absolute atomic E-state index is 12.4. The lowest BCUT2D eigenvalue weighted by molar-refractivity contribution is 0.601. The Bertz CT molecular complexity index is 697. The van der Waals surface area contributed by atoms with Crippen molar-refractivity contribution in [2.75, 3.05) is 17.1 Å². The second-order valence-corrected chi connectivity index (χ2v) is 6.06. The molecule has 0 bridgehead atoms. The molecule has 0 saturated carbocycles. The average molecular weight is 290 g/mol. The lowest BCUT2D eigenvalue weighted by Gasteiger charge is -2.12. The van der Waals surface area contributed by atoms with E-state index in [9.17, 15) is 8.42 Å². The van der Waals surface area contributed by atoms with E-state index in [0.29, 0.717) is 11.4 Å². The van der Waals surface area contributed by atoms with E-state index in [1.165, 1.54) is 0 Å². The first-order valence-electron chi connectivity index (χ1n) is 6.45. The van der Waals surface area contributed by atoms with Crippen molar-refractivity contribution in [1.29, 1.82) is 0 Å². The zero-order valence-electron chi connectivity index (χ0n) is 11.6. The average Bonchev–Trinajstić information content (AvgIpc) is 2.47. The topological polar surface area (TPSA) is 58.2 Å². The summed E-state index contributed by atoms with van der Waals surface area (Å²) in [6, 6.07) is 14.2. The summed E-state index contributed by atoms with van der Waals surface area (Å²) < 4.78 is 27.5. The van der Waals surface area contributed by atoms with Gasteiger partial charge in [-0.05, 0) is 36.2 Å². The van der Waals surface area contributed by atoms with E-state index in [4.69, 9.17) is 0 Å². The third kappa shape index (κ3) is 3.11. The molecule has 2 N–H and O–H groups in total. The van der Waals surface area contributed by atoms with Gasteiger partial charge in [-0.25, -0.2) is 8.42 Å². The van der Waals surface area contributed by atoms with Crippen LogP contribution in [0.1, 0.15) is 12.5 Å². The number of nitrogens with one attached hydrogen (secondary N) is 2. The number of anilines is 2. The van der Waals surface area contributed by atoms with Crippen molar-refractivity contribution in [3.8, 4) is 0 Å². The van der Waals surface area contributed by atoms with Crippen LogP contribution in [0.3, 0.4) is 0 Å². The molecule has 0 aromatic heterocycles. The van der Waals surface area contributed by atoms with Gasteiger partial charge in [0.25, 0.3) is 10.0 Å². The van der Waals surface area contributed by atoms with Crippen molar-refractivity contribution in [3.63, 3.8) is 0 Å². The summed E-state index contributed by atoms with van der Waals surface area (Å²) in [5, 5.41) is 2.89. The van der Waals surface area contributed by atoms with Crippen molar-refractivity contribution < 1.29 is 8.42 Å². The minimum atomic E-state index is -3.59. The molecular weight excluding hydrogens is 272 g/mol. The van der Waals surface area contributed by atoms with Crippen molar-refractivity contribution >= 4 is 21.4 Å². The smallest absolute Gasteiger partial charge is 0.263 e. The van der Waals surface area contributed by atoms with Crippen LogP contribution in [0.15, 0.2) is 53.4 Å². The maximum Gasteiger partial charge on any atom is 0.263 e. The van der Waals surface area contributed by atoms with Gasteiger partial charge in [0.05, 0.1) is 5.69 Å². The number of para-hydroxylation sites is 1. The Hall–Kier alpha value is -2.01. The quantitative estimate of drug-likeness (QED) is 0.889. The molecule has 20 heavy (non-hydrogen) atoms. The number of benzene rings is 2. The zero-order valence-corrected chi connectivity index (χ0v) is 12.4. The van der Waals surface area contributed by atoms with Gasteiger partial charge in [0, 0.05) is 12.7 Å². The normalized spacial score (nSPS) is 11.1. The van der Waals surface area contributed by atoms with Gasteiger partial charge in [0.2, 0.25) is 0 Å². The van der Waals surface area contributed by atoms with Crippen LogP contribution < -0.4 is 10.0 Å². The van der Waals surface area contributed by atoms with Gasteiger partial charge in [-0.3, -0.25) is 4.72 Å². The molecule has 5 heteroatoms. The van der Waals surface area contributed by atoms with E-state index in [-0.39, 0.29) is 4.90 Å². The first-order chi connectivity index (χ1) is 9.56. The van der Waals surface area contributed by atoms with Crippen molar-refractivity contribution in [3.05, 3.63) is 54.1 Å². The van der Waals surface area contributed by atoms with Crippen LogP contribution in [0.5, 0.6) is 0 Å². The lowest BCUT2D eigenvalue weighted by Crippen LogP contribution is -2.14. The Morgan fingerprint density at radius 3 is 2.50 bits per heavy atom. The molecule has 2 aromatic rings. The summed E-state index contributed by atoms with van der Waals surface area (Å²) >= 11 is 0. The van der Waals surface area contributed by atoms with E-state index < -0.39 is 10.0 Å². The summed E-state index contributed by atoms with van der Waals surface area (Å²) in [5.41, 5.74) is 2.24. The fraction of sp³-hybridized carbons (Fsp3) is 0.200. The molecule has 2 aromatic carbocycles. The highest BCUT2D eigenvalue weighted by Gasteiger charge is 2.17. The number of hydrogen-bond donors (Lipinski definition) is 2. The Morgan fingerprint density at radius 1 is 1.05 bits per heavy atom. The predicted octanol–water partition coefficient (Wildman–Crippen LogP) is 3.09. The molecule has 4 nitrogen and oxygen atoms in total. The summed E-state index contributed by atoms with van der Waals surface area (Å²) in [6.45, 7) is 2.03. The molecule has 0 heterocycles.